The molecule has 1 nitrogen and oxygen atoms in total. The molecular weight excluding hydrogens is 297 g/mol. The fraction of sp³-hybridized carbons (Fsp3) is 0.0769. The van der Waals surface area contributed by atoms with E-state index in [9.17, 15) is 4.39 Å². The largest absolute Gasteiger partial charge is 0.487 e. The monoisotopic (exact) mass is 304 g/mol. The topological polar surface area (TPSA) is 9.23 Å². The highest BCUT2D eigenvalue weighted by molar-refractivity contribution is 6.35. The molecule has 0 amide bonds. The van der Waals surface area contributed by atoms with Gasteiger partial charge in [-0.3, -0.25) is 0 Å². The van der Waals surface area contributed by atoms with Crippen LogP contribution in [0, 0.1) is 5.82 Å². The zero-order valence-electron chi connectivity index (χ0n) is 9.09. The normalized spacial score (nSPS) is 10.4. The van der Waals surface area contributed by atoms with E-state index in [1.165, 1.54) is 18.2 Å². The molecule has 0 heterocycles. The molecule has 0 aliphatic rings. The minimum atomic E-state index is -0.406. The number of hydrogen-bond donors (Lipinski definition) is 0. The van der Waals surface area contributed by atoms with Gasteiger partial charge >= 0.3 is 0 Å². The lowest BCUT2D eigenvalue weighted by atomic mass is 10.2. The summed E-state index contributed by atoms with van der Waals surface area (Å²) in [5.41, 5.74) is 0.751. The minimum Gasteiger partial charge on any atom is -0.487 e. The van der Waals surface area contributed by atoms with Crippen LogP contribution in [0.1, 0.15) is 5.56 Å². The molecule has 0 radical (unpaired) electrons. The van der Waals surface area contributed by atoms with Crippen molar-refractivity contribution in [3.05, 3.63) is 62.8 Å². The maximum atomic E-state index is 13.0. The van der Waals surface area contributed by atoms with E-state index in [0.29, 0.717) is 15.1 Å². The lowest BCUT2D eigenvalue weighted by Crippen LogP contribution is -1.97. The van der Waals surface area contributed by atoms with Crippen molar-refractivity contribution in [2.24, 2.45) is 0 Å². The third-order valence-corrected chi connectivity index (χ3v) is 3.19. The molecule has 2 rings (SSSR count). The van der Waals surface area contributed by atoms with Crippen molar-refractivity contribution in [2.45, 2.75) is 6.61 Å². The second-order valence-electron chi connectivity index (χ2n) is 3.60. The van der Waals surface area contributed by atoms with Crippen molar-refractivity contribution < 1.29 is 9.13 Å². The van der Waals surface area contributed by atoms with E-state index in [2.05, 4.69) is 0 Å². The Morgan fingerprint density at radius 3 is 2.44 bits per heavy atom. The first kappa shape index (κ1) is 13.5. The summed E-state index contributed by atoms with van der Waals surface area (Å²) in [7, 11) is 0. The molecule has 0 spiro atoms. The first-order valence-electron chi connectivity index (χ1n) is 5.08. The Morgan fingerprint density at radius 2 is 1.72 bits per heavy atom. The standard InChI is InChI=1S/C13H8Cl3FO/c14-9-2-1-8(12(16)5-9)7-18-13-6-10(17)3-4-11(13)15/h1-6H,7H2. The molecule has 94 valence electrons. The fourth-order valence-corrected chi connectivity index (χ4v) is 2.02. The fourth-order valence-electron chi connectivity index (χ4n) is 1.38. The number of rotatable bonds is 3. The molecule has 0 atom stereocenters. The van der Waals surface area contributed by atoms with Crippen LogP contribution in [-0.2, 0) is 6.61 Å². The summed E-state index contributed by atoms with van der Waals surface area (Å²) in [5.74, 6) is -0.126. The Balaban J connectivity index is 2.13. The lowest BCUT2D eigenvalue weighted by molar-refractivity contribution is 0.305. The van der Waals surface area contributed by atoms with Crippen LogP contribution in [0.2, 0.25) is 15.1 Å². The molecule has 0 fully saturated rings. The van der Waals surface area contributed by atoms with E-state index in [0.717, 1.165) is 5.56 Å². The first-order chi connectivity index (χ1) is 8.56. The Hall–Kier alpha value is -0.960. The van der Waals surface area contributed by atoms with Crippen LogP contribution in [0.4, 0.5) is 4.39 Å². The predicted octanol–water partition coefficient (Wildman–Crippen LogP) is 5.36. The highest BCUT2D eigenvalue weighted by Gasteiger charge is 2.06. The molecule has 2 aromatic carbocycles. The molecule has 0 aliphatic heterocycles. The second-order valence-corrected chi connectivity index (χ2v) is 4.85. The summed E-state index contributed by atoms with van der Waals surface area (Å²) in [5, 5.41) is 1.39. The van der Waals surface area contributed by atoms with Crippen LogP contribution in [0.3, 0.4) is 0 Å². The van der Waals surface area contributed by atoms with E-state index in [-0.39, 0.29) is 12.4 Å². The second kappa shape index (κ2) is 5.79. The van der Waals surface area contributed by atoms with Gasteiger partial charge in [-0.05, 0) is 24.3 Å². The molecule has 5 heteroatoms. The smallest absolute Gasteiger partial charge is 0.141 e. The number of ether oxygens (including phenoxy) is 1. The molecule has 0 N–H and O–H groups in total. The molecule has 0 aliphatic carbocycles. The Kier molecular flexibility index (Phi) is 4.33. The maximum Gasteiger partial charge on any atom is 0.141 e. The van der Waals surface area contributed by atoms with Crippen LogP contribution in [0.15, 0.2) is 36.4 Å². The van der Waals surface area contributed by atoms with Crippen molar-refractivity contribution in [3.8, 4) is 5.75 Å². The SMILES string of the molecule is Fc1ccc(Cl)c(OCc2ccc(Cl)cc2Cl)c1. The van der Waals surface area contributed by atoms with Gasteiger partial charge in [0.1, 0.15) is 18.2 Å². The maximum absolute atomic E-state index is 13.0. The predicted molar refractivity (Wildman–Crippen MR) is 72.2 cm³/mol. The summed E-state index contributed by atoms with van der Waals surface area (Å²) in [6.07, 6.45) is 0. The van der Waals surface area contributed by atoms with Gasteiger partial charge in [0.25, 0.3) is 0 Å². The van der Waals surface area contributed by atoms with Gasteiger partial charge < -0.3 is 4.74 Å². The van der Waals surface area contributed by atoms with Crippen LogP contribution >= 0.6 is 34.8 Å². The van der Waals surface area contributed by atoms with Gasteiger partial charge in [0, 0.05) is 21.7 Å². The van der Waals surface area contributed by atoms with Gasteiger partial charge in [-0.2, -0.15) is 0 Å². The quantitative estimate of drug-likeness (QED) is 0.741. The van der Waals surface area contributed by atoms with Crippen molar-refractivity contribution in [1.29, 1.82) is 0 Å². The van der Waals surface area contributed by atoms with Crippen LogP contribution in [0.25, 0.3) is 0 Å². The van der Waals surface area contributed by atoms with Crippen molar-refractivity contribution in [3.63, 3.8) is 0 Å². The Labute approximate surface area is 119 Å². The zero-order chi connectivity index (χ0) is 13.1. The molecule has 2 aromatic rings. The zero-order valence-corrected chi connectivity index (χ0v) is 11.4. The molecule has 0 bridgehead atoms. The molecule has 0 unspecified atom stereocenters. The third kappa shape index (κ3) is 3.29. The summed E-state index contributed by atoms with van der Waals surface area (Å²) >= 11 is 17.7. The molecular formula is C13H8Cl3FO. The van der Waals surface area contributed by atoms with Gasteiger partial charge in [-0.1, -0.05) is 40.9 Å². The average molecular weight is 306 g/mol. The minimum absolute atomic E-state index is 0.194. The van der Waals surface area contributed by atoms with Crippen LogP contribution < -0.4 is 4.74 Å². The molecule has 18 heavy (non-hydrogen) atoms. The number of benzene rings is 2. The van der Waals surface area contributed by atoms with Gasteiger partial charge in [-0.25, -0.2) is 4.39 Å². The van der Waals surface area contributed by atoms with E-state index < -0.39 is 5.82 Å². The molecule has 0 saturated carbocycles. The van der Waals surface area contributed by atoms with Crippen LogP contribution in [0.5, 0.6) is 5.75 Å². The Morgan fingerprint density at radius 1 is 0.944 bits per heavy atom. The summed E-state index contributed by atoms with van der Waals surface area (Å²) in [4.78, 5) is 0. The Bertz CT molecular complexity index is 572. The van der Waals surface area contributed by atoms with Gasteiger partial charge in [0.15, 0.2) is 0 Å². The summed E-state index contributed by atoms with van der Waals surface area (Å²) in [6, 6.07) is 9.01. The van der Waals surface area contributed by atoms with Crippen molar-refractivity contribution >= 4 is 34.8 Å². The van der Waals surface area contributed by atoms with Crippen LogP contribution in [-0.4, -0.2) is 0 Å². The highest BCUT2D eigenvalue weighted by Crippen LogP contribution is 2.27. The molecule has 0 aromatic heterocycles. The number of halogens is 4. The van der Waals surface area contributed by atoms with E-state index >= 15 is 0 Å². The van der Waals surface area contributed by atoms with Gasteiger partial charge in [0.2, 0.25) is 0 Å². The van der Waals surface area contributed by atoms with E-state index in [1.807, 2.05) is 0 Å². The lowest BCUT2D eigenvalue weighted by Gasteiger charge is -2.09. The number of hydrogen-bond acceptors (Lipinski definition) is 1. The van der Waals surface area contributed by atoms with E-state index in [4.69, 9.17) is 39.5 Å². The van der Waals surface area contributed by atoms with Crippen molar-refractivity contribution in [1.82, 2.24) is 0 Å². The average Bonchev–Trinajstić information content (AvgIpc) is 2.32. The third-order valence-electron chi connectivity index (χ3n) is 2.29. The molecule has 0 saturated heterocycles. The summed E-state index contributed by atoms with van der Waals surface area (Å²) in [6.45, 7) is 0.194. The first-order valence-corrected chi connectivity index (χ1v) is 6.21. The van der Waals surface area contributed by atoms with Gasteiger partial charge in [0.05, 0.1) is 5.02 Å². The highest BCUT2D eigenvalue weighted by atomic mass is 35.5. The van der Waals surface area contributed by atoms with Crippen molar-refractivity contribution in [2.75, 3.05) is 0 Å². The van der Waals surface area contributed by atoms with E-state index in [1.54, 1.807) is 18.2 Å². The van der Waals surface area contributed by atoms with Gasteiger partial charge in [-0.15, -0.1) is 0 Å². The summed E-state index contributed by atoms with van der Waals surface area (Å²) < 4.78 is 18.4.